The number of hydrogen-bond acceptors (Lipinski definition) is 3. The predicted octanol–water partition coefficient (Wildman–Crippen LogP) is 1.43. The van der Waals surface area contributed by atoms with Crippen molar-refractivity contribution in [3.05, 3.63) is 11.8 Å². The molecule has 1 amide bonds. The number of carbonyl (C=O) groups excluding carboxylic acids is 1. The normalized spacial score (nSPS) is 23.9. The summed E-state index contributed by atoms with van der Waals surface area (Å²) in [6.45, 7) is 2.11. The Labute approximate surface area is 101 Å². The van der Waals surface area contributed by atoms with Gasteiger partial charge in [-0.25, -0.2) is 0 Å². The maximum Gasteiger partial charge on any atom is 0.228 e. The number of amides is 1. The van der Waals surface area contributed by atoms with E-state index in [4.69, 9.17) is 5.73 Å². The number of anilines is 1. The third-order valence-electron chi connectivity index (χ3n) is 3.25. The molecule has 1 saturated carbocycles. The van der Waals surface area contributed by atoms with Crippen LogP contribution in [0.4, 0.5) is 5.82 Å². The molecule has 0 saturated heterocycles. The van der Waals surface area contributed by atoms with Crippen molar-refractivity contribution in [3.63, 3.8) is 0 Å². The molecule has 0 spiro atoms. The van der Waals surface area contributed by atoms with Crippen LogP contribution in [0.15, 0.2) is 6.07 Å². The Kier molecular flexibility index (Phi) is 3.78. The first-order chi connectivity index (χ1) is 8.19. The van der Waals surface area contributed by atoms with Crippen molar-refractivity contribution < 1.29 is 4.79 Å². The average molecular weight is 236 g/mol. The van der Waals surface area contributed by atoms with Crippen LogP contribution in [0.3, 0.4) is 0 Å². The predicted molar refractivity (Wildman–Crippen MR) is 66.5 cm³/mol. The van der Waals surface area contributed by atoms with Crippen molar-refractivity contribution in [1.82, 2.24) is 10.2 Å². The highest BCUT2D eigenvalue weighted by molar-refractivity contribution is 5.91. The fraction of sp³-hybridized carbons (Fsp3) is 0.667. The van der Waals surface area contributed by atoms with E-state index in [1.54, 1.807) is 0 Å². The van der Waals surface area contributed by atoms with Gasteiger partial charge in [0.05, 0.1) is 0 Å². The van der Waals surface area contributed by atoms with E-state index in [9.17, 15) is 4.79 Å². The molecular formula is C12H20N4O. The van der Waals surface area contributed by atoms with E-state index in [0.29, 0.717) is 5.82 Å². The van der Waals surface area contributed by atoms with Gasteiger partial charge in [-0.3, -0.25) is 9.89 Å². The van der Waals surface area contributed by atoms with Gasteiger partial charge in [-0.15, -0.1) is 0 Å². The lowest BCUT2D eigenvalue weighted by molar-refractivity contribution is -0.119. The van der Waals surface area contributed by atoms with Gasteiger partial charge in [0.15, 0.2) is 5.82 Å². The zero-order chi connectivity index (χ0) is 12.3. The van der Waals surface area contributed by atoms with Crippen LogP contribution in [0.5, 0.6) is 0 Å². The lowest BCUT2D eigenvalue weighted by Crippen LogP contribution is -2.23. The molecule has 1 aromatic rings. The number of hydrogen-bond donors (Lipinski definition) is 3. The zero-order valence-electron chi connectivity index (χ0n) is 10.2. The number of carbonyl (C=O) groups is 1. The van der Waals surface area contributed by atoms with Crippen molar-refractivity contribution in [1.29, 1.82) is 0 Å². The molecule has 0 radical (unpaired) electrons. The lowest BCUT2D eigenvalue weighted by atomic mass is 10.1. The summed E-state index contributed by atoms with van der Waals surface area (Å²) in [4.78, 5) is 11.9. The summed E-state index contributed by atoms with van der Waals surface area (Å²) in [7, 11) is 0. The summed E-state index contributed by atoms with van der Waals surface area (Å²) in [6, 6.07) is 2.08. The molecule has 0 bridgehead atoms. The number of nitrogens with zero attached hydrogens (tertiary/aromatic N) is 1. The molecule has 0 aromatic carbocycles. The minimum absolute atomic E-state index is 0.0486. The van der Waals surface area contributed by atoms with Gasteiger partial charge >= 0.3 is 0 Å². The molecule has 1 fully saturated rings. The minimum atomic E-state index is 0.0486. The molecule has 17 heavy (non-hydrogen) atoms. The van der Waals surface area contributed by atoms with Gasteiger partial charge in [-0.1, -0.05) is 13.3 Å². The van der Waals surface area contributed by atoms with Gasteiger partial charge in [0, 0.05) is 23.7 Å². The second kappa shape index (κ2) is 5.31. The van der Waals surface area contributed by atoms with Crippen molar-refractivity contribution in [3.8, 4) is 0 Å². The molecule has 4 N–H and O–H groups in total. The Bertz CT molecular complexity index is 388. The van der Waals surface area contributed by atoms with E-state index in [0.717, 1.165) is 37.8 Å². The average Bonchev–Trinajstić information content (AvgIpc) is 2.88. The maximum atomic E-state index is 11.9. The highest BCUT2D eigenvalue weighted by atomic mass is 16.2. The Hall–Kier alpha value is -1.36. The maximum absolute atomic E-state index is 11.9. The van der Waals surface area contributed by atoms with Crippen LogP contribution < -0.4 is 11.1 Å². The first-order valence-corrected chi connectivity index (χ1v) is 6.29. The number of H-pyrrole nitrogens is 1. The molecule has 0 aliphatic heterocycles. The highest BCUT2D eigenvalue weighted by Crippen LogP contribution is 2.25. The van der Waals surface area contributed by atoms with E-state index in [2.05, 4.69) is 22.4 Å². The van der Waals surface area contributed by atoms with Gasteiger partial charge in [-0.2, -0.15) is 5.10 Å². The monoisotopic (exact) mass is 236 g/mol. The van der Waals surface area contributed by atoms with E-state index in [1.807, 2.05) is 6.07 Å². The molecule has 5 nitrogen and oxygen atoms in total. The molecule has 2 unspecified atom stereocenters. The smallest absolute Gasteiger partial charge is 0.228 e. The summed E-state index contributed by atoms with van der Waals surface area (Å²) in [5.74, 6) is 0.725. The molecule has 1 heterocycles. The Morgan fingerprint density at radius 1 is 1.65 bits per heavy atom. The van der Waals surface area contributed by atoms with Crippen LogP contribution in [0, 0.1) is 5.92 Å². The number of aromatic amines is 1. The van der Waals surface area contributed by atoms with Gasteiger partial charge in [0.25, 0.3) is 0 Å². The second-order valence-electron chi connectivity index (χ2n) is 4.79. The molecule has 94 valence electrons. The zero-order valence-corrected chi connectivity index (χ0v) is 10.2. The fourth-order valence-electron chi connectivity index (χ4n) is 2.31. The van der Waals surface area contributed by atoms with Crippen LogP contribution in [-0.4, -0.2) is 22.1 Å². The molecule has 1 aliphatic rings. The fourth-order valence-corrected chi connectivity index (χ4v) is 2.31. The molecule has 2 atom stereocenters. The first kappa shape index (κ1) is 12.1. The second-order valence-corrected chi connectivity index (χ2v) is 4.79. The first-order valence-electron chi connectivity index (χ1n) is 6.29. The number of aryl methyl sites for hydroxylation is 1. The van der Waals surface area contributed by atoms with Crippen LogP contribution in [0.2, 0.25) is 0 Å². The van der Waals surface area contributed by atoms with Gasteiger partial charge in [0.1, 0.15) is 0 Å². The molecule has 1 aliphatic carbocycles. The van der Waals surface area contributed by atoms with E-state index in [1.165, 1.54) is 0 Å². The Balaban J connectivity index is 1.89. The number of rotatable bonds is 4. The van der Waals surface area contributed by atoms with Gasteiger partial charge in [-0.05, 0) is 25.7 Å². The molecule has 1 aromatic heterocycles. The Morgan fingerprint density at radius 3 is 3.12 bits per heavy atom. The number of nitrogens with one attached hydrogen (secondary N) is 2. The summed E-state index contributed by atoms with van der Waals surface area (Å²) >= 11 is 0. The van der Waals surface area contributed by atoms with Crippen molar-refractivity contribution in [2.75, 3.05) is 5.32 Å². The number of aromatic nitrogens is 2. The Morgan fingerprint density at radius 2 is 2.47 bits per heavy atom. The summed E-state index contributed by atoms with van der Waals surface area (Å²) in [5.41, 5.74) is 6.86. The SMILES string of the molecule is CCCc1cc(NC(=O)C2CCC(N)C2)n[nH]1. The van der Waals surface area contributed by atoms with Crippen LogP contribution in [0.1, 0.15) is 38.3 Å². The third kappa shape index (κ3) is 3.06. The quantitative estimate of drug-likeness (QED) is 0.739. The lowest BCUT2D eigenvalue weighted by Gasteiger charge is -2.08. The summed E-state index contributed by atoms with van der Waals surface area (Å²) in [6.07, 6.45) is 4.64. The summed E-state index contributed by atoms with van der Waals surface area (Å²) in [5, 5.41) is 9.85. The van der Waals surface area contributed by atoms with Crippen LogP contribution >= 0.6 is 0 Å². The van der Waals surface area contributed by atoms with E-state index in [-0.39, 0.29) is 17.9 Å². The molecule has 5 heteroatoms. The van der Waals surface area contributed by atoms with Crippen molar-refractivity contribution in [2.24, 2.45) is 11.7 Å². The van der Waals surface area contributed by atoms with Crippen LogP contribution in [-0.2, 0) is 11.2 Å². The molecule has 2 rings (SSSR count). The third-order valence-corrected chi connectivity index (χ3v) is 3.25. The molecular weight excluding hydrogens is 216 g/mol. The van der Waals surface area contributed by atoms with Crippen LogP contribution in [0.25, 0.3) is 0 Å². The topological polar surface area (TPSA) is 83.8 Å². The van der Waals surface area contributed by atoms with Gasteiger partial charge in [0.2, 0.25) is 5.91 Å². The van der Waals surface area contributed by atoms with E-state index >= 15 is 0 Å². The van der Waals surface area contributed by atoms with Gasteiger partial charge < -0.3 is 11.1 Å². The largest absolute Gasteiger partial charge is 0.328 e. The van der Waals surface area contributed by atoms with E-state index < -0.39 is 0 Å². The van der Waals surface area contributed by atoms with Crippen molar-refractivity contribution >= 4 is 11.7 Å². The highest BCUT2D eigenvalue weighted by Gasteiger charge is 2.27. The number of nitrogens with two attached hydrogens (primary N) is 1. The standard InChI is InChI=1S/C12H20N4O/c1-2-3-10-7-11(16-15-10)14-12(17)8-4-5-9(13)6-8/h7-9H,2-6,13H2,1H3,(H2,14,15,16,17). The summed E-state index contributed by atoms with van der Waals surface area (Å²) < 4.78 is 0. The minimum Gasteiger partial charge on any atom is -0.328 e. The van der Waals surface area contributed by atoms with Crippen molar-refractivity contribution in [2.45, 2.75) is 45.1 Å².